The fraction of sp³-hybridized carbons (Fsp3) is 0.125. The molecule has 0 radical (unpaired) electrons. The molecular weight excluding hydrogens is 592 g/mol. The molecule has 0 aromatic heterocycles. The van der Waals surface area contributed by atoms with Crippen molar-refractivity contribution in [3.05, 3.63) is 118 Å². The second kappa shape index (κ2) is 12.2. The number of carbonyl (C=O) groups excluding carboxylic acids is 4. The van der Waals surface area contributed by atoms with Crippen LogP contribution in [0.4, 0.5) is 0 Å². The number of ether oxygens (including phenoxy) is 1. The van der Waals surface area contributed by atoms with Gasteiger partial charge in [0.05, 0.1) is 11.1 Å². The van der Waals surface area contributed by atoms with E-state index in [1.807, 2.05) is 0 Å². The molecule has 2 aromatic carbocycles. The van der Waals surface area contributed by atoms with E-state index in [0.717, 1.165) is 12.2 Å². The topological polar surface area (TPSA) is 227 Å². The molecule has 2 atom stereocenters. The predicted molar refractivity (Wildman–Crippen MR) is 150 cm³/mol. The van der Waals surface area contributed by atoms with Crippen LogP contribution >= 0.6 is 0 Å². The van der Waals surface area contributed by atoms with E-state index in [-0.39, 0.29) is 22.3 Å². The largest absolute Gasteiger partial charge is 0.480 e. The van der Waals surface area contributed by atoms with Crippen LogP contribution in [0.25, 0.3) is 0 Å². The summed E-state index contributed by atoms with van der Waals surface area (Å²) in [4.78, 5) is 103. The maximum absolute atomic E-state index is 13.6. The van der Waals surface area contributed by atoms with Crippen LogP contribution in [0.3, 0.4) is 0 Å². The average molecular weight is 615 g/mol. The molecule has 0 amide bonds. The van der Waals surface area contributed by atoms with E-state index >= 15 is 0 Å². The van der Waals surface area contributed by atoms with Crippen molar-refractivity contribution in [2.24, 2.45) is 10.8 Å². The number of carboxylic acid groups (broad SMARTS) is 4. The van der Waals surface area contributed by atoms with Crippen molar-refractivity contribution in [3.63, 3.8) is 0 Å². The minimum Gasteiger partial charge on any atom is -0.480 e. The Hall–Kier alpha value is -6.24. The number of hydrogen-bond acceptors (Lipinski definition) is 9. The second-order valence-electron chi connectivity index (χ2n) is 10.00. The Morgan fingerprint density at radius 1 is 0.511 bits per heavy atom. The Balaban J connectivity index is 1.77. The number of hydrogen-bond donors (Lipinski definition) is 4. The number of rotatable bonds is 10. The molecule has 0 saturated carbocycles. The zero-order valence-electron chi connectivity index (χ0n) is 23.0. The van der Waals surface area contributed by atoms with Crippen molar-refractivity contribution in [1.82, 2.24) is 0 Å². The summed E-state index contributed by atoms with van der Waals surface area (Å²) in [5.74, 6) is -13.9. The standard InChI is InChI=1S/C32H22O13/c33-23(17-7-3-1-4-8-17)19-11-13-21(25(35)36)31(15-19,27(39)40)29(43)45-30(44)32(28(41)42)16-20(12-14-22(32)26(37)38)24(34)18-9-5-2-6-10-18/h1-14H,15-16H2,(H,35,36)(H,37,38)(H,39,40)(H,41,42). The smallest absolute Gasteiger partial charge is 0.336 e. The van der Waals surface area contributed by atoms with Crippen LogP contribution in [0.15, 0.2) is 107 Å². The molecule has 13 heteroatoms. The third kappa shape index (κ3) is 5.49. The van der Waals surface area contributed by atoms with Gasteiger partial charge in [-0.1, -0.05) is 72.8 Å². The summed E-state index contributed by atoms with van der Waals surface area (Å²) in [6.07, 6.45) is 1.12. The van der Waals surface area contributed by atoms with Crippen molar-refractivity contribution >= 4 is 47.4 Å². The summed E-state index contributed by atoms with van der Waals surface area (Å²) in [5.41, 5.74) is -9.29. The highest BCUT2D eigenvalue weighted by atomic mass is 16.6. The zero-order valence-corrected chi connectivity index (χ0v) is 23.0. The van der Waals surface area contributed by atoms with Crippen LogP contribution in [-0.2, 0) is 33.5 Å². The lowest BCUT2D eigenvalue weighted by molar-refractivity contribution is -0.180. The van der Waals surface area contributed by atoms with E-state index < -0.39 is 82.2 Å². The molecule has 0 heterocycles. The zero-order chi connectivity index (χ0) is 33.1. The molecule has 2 aromatic rings. The first-order valence-corrected chi connectivity index (χ1v) is 13.0. The van der Waals surface area contributed by atoms with Crippen LogP contribution in [-0.4, -0.2) is 67.8 Å². The maximum atomic E-state index is 13.6. The lowest BCUT2D eigenvalue weighted by atomic mass is 9.69. The molecule has 0 fully saturated rings. The number of carbonyl (C=O) groups is 8. The Morgan fingerprint density at radius 2 is 0.844 bits per heavy atom. The van der Waals surface area contributed by atoms with Gasteiger partial charge in [-0.15, -0.1) is 0 Å². The van der Waals surface area contributed by atoms with Crippen LogP contribution in [0.1, 0.15) is 33.6 Å². The molecule has 2 unspecified atom stereocenters. The predicted octanol–water partition coefficient (Wildman–Crippen LogP) is 2.65. The van der Waals surface area contributed by atoms with Crippen molar-refractivity contribution in [1.29, 1.82) is 0 Å². The van der Waals surface area contributed by atoms with Gasteiger partial charge >= 0.3 is 35.8 Å². The maximum Gasteiger partial charge on any atom is 0.336 e. The SMILES string of the molecule is O=C(O)C1=CC=C(C(=O)c2ccccc2)CC1(C(=O)O)C(=O)OC(=O)C1(C(=O)O)CC(C(=O)c2ccccc2)=CC=C1C(=O)O. The third-order valence-corrected chi connectivity index (χ3v) is 7.46. The molecule has 0 saturated heterocycles. The van der Waals surface area contributed by atoms with E-state index in [4.69, 9.17) is 4.74 Å². The van der Waals surface area contributed by atoms with Gasteiger partial charge in [-0.05, 0) is 12.2 Å². The first-order valence-electron chi connectivity index (χ1n) is 13.0. The van der Waals surface area contributed by atoms with Gasteiger partial charge in [-0.2, -0.15) is 0 Å². The van der Waals surface area contributed by atoms with Crippen LogP contribution in [0, 0.1) is 10.8 Å². The normalized spacial score (nSPS) is 20.7. The molecular formula is C32H22O13. The number of benzene rings is 2. The molecule has 13 nitrogen and oxygen atoms in total. The Bertz CT molecular complexity index is 1660. The van der Waals surface area contributed by atoms with Crippen LogP contribution in [0.5, 0.6) is 0 Å². The van der Waals surface area contributed by atoms with E-state index in [1.54, 1.807) is 12.1 Å². The van der Waals surface area contributed by atoms with Crippen molar-refractivity contribution in [2.45, 2.75) is 12.8 Å². The lowest BCUT2D eigenvalue weighted by Crippen LogP contribution is -2.51. The van der Waals surface area contributed by atoms with Crippen LogP contribution < -0.4 is 0 Å². The van der Waals surface area contributed by atoms with Gasteiger partial charge in [-0.25, -0.2) is 19.2 Å². The fourth-order valence-corrected chi connectivity index (χ4v) is 5.08. The van der Waals surface area contributed by atoms with Gasteiger partial charge in [0, 0.05) is 35.1 Å². The highest BCUT2D eigenvalue weighted by Crippen LogP contribution is 2.44. The molecule has 0 aliphatic heterocycles. The minimum atomic E-state index is -3.24. The van der Waals surface area contributed by atoms with Gasteiger partial charge in [0.15, 0.2) is 11.6 Å². The monoisotopic (exact) mass is 614 g/mol. The summed E-state index contributed by atoms with van der Waals surface area (Å²) in [7, 11) is 0. The molecule has 0 bridgehead atoms. The van der Waals surface area contributed by atoms with Crippen molar-refractivity contribution in [3.8, 4) is 0 Å². The van der Waals surface area contributed by atoms with Gasteiger partial charge in [-0.3, -0.25) is 19.2 Å². The molecule has 228 valence electrons. The van der Waals surface area contributed by atoms with E-state index in [0.29, 0.717) is 12.2 Å². The van der Waals surface area contributed by atoms with Crippen LogP contribution in [0.2, 0.25) is 0 Å². The Kier molecular flexibility index (Phi) is 8.57. The molecule has 4 rings (SSSR count). The first kappa shape index (κ1) is 31.7. The molecule has 45 heavy (non-hydrogen) atoms. The third-order valence-electron chi connectivity index (χ3n) is 7.46. The first-order chi connectivity index (χ1) is 21.3. The van der Waals surface area contributed by atoms with Gasteiger partial charge in [0.1, 0.15) is 0 Å². The number of Topliss-reactive ketones (excluding diaryl/α,β-unsaturated/α-hetero) is 2. The minimum absolute atomic E-state index is 0.0605. The van der Waals surface area contributed by atoms with Gasteiger partial charge in [0.25, 0.3) is 0 Å². The Morgan fingerprint density at radius 3 is 1.13 bits per heavy atom. The highest BCUT2D eigenvalue weighted by molar-refractivity contribution is 6.20. The second-order valence-corrected chi connectivity index (χ2v) is 10.00. The molecule has 2 aliphatic carbocycles. The molecule has 4 N–H and O–H groups in total. The lowest BCUT2D eigenvalue weighted by Gasteiger charge is -2.33. The number of ketones is 2. The van der Waals surface area contributed by atoms with Gasteiger partial charge < -0.3 is 25.2 Å². The van der Waals surface area contributed by atoms with Gasteiger partial charge in [0.2, 0.25) is 10.8 Å². The Labute approximate surface area is 253 Å². The average Bonchev–Trinajstić information content (AvgIpc) is 3.03. The highest BCUT2D eigenvalue weighted by Gasteiger charge is 2.61. The van der Waals surface area contributed by atoms with Crippen molar-refractivity contribution in [2.75, 3.05) is 0 Å². The summed E-state index contributed by atoms with van der Waals surface area (Å²) < 4.78 is 4.76. The summed E-state index contributed by atoms with van der Waals surface area (Å²) in [5, 5.41) is 40.0. The molecule has 2 aliphatic rings. The molecule has 0 spiro atoms. The summed E-state index contributed by atoms with van der Waals surface area (Å²) >= 11 is 0. The quantitative estimate of drug-likeness (QED) is 0.172. The van der Waals surface area contributed by atoms with Crippen molar-refractivity contribution < 1.29 is 63.5 Å². The summed E-state index contributed by atoms with van der Waals surface area (Å²) in [6.45, 7) is 0. The number of aliphatic carboxylic acids is 4. The van der Waals surface area contributed by atoms with E-state index in [1.165, 1.54) is 48.5 Å². The number of allylic oxidation sites excluding steroid dienone is 6. The number of esters is 2. The number of carboxylic acids is 4. The fourth-order valence-electron chi connectivity index (χ4n) is 5.08. The summed E-state index contributed by atoms with van der Waals surface area (Å²) in [6, 6.07) is 14.7. The van der Waals surface area contributed by atoms with E-state index in [2.05, 4.69) is 0 Å². The van der Waals surface area contributed by atoms with E-state index in [9.17, 15) is 58.8 Å².